The van der Waals surface area contributed by atoms with Crippen molar-refractivity contribution in [3.8, 4) is 0 Å². The van der Waals surface area contributed by atoms with Crippen molar-refractivity contribution in [1.29, 1.82) is 0 Å². The Kier molecular flexibility index (Phi) is 7.48. The van der Waals surface area contributed by atoms with Crippen LogP contribution in [0.3, 0.4) is 0 Å². The topological polar surface area (TPSA) is 52.6 Å². The van der Waals surface area contributed by atoms with E-state index >= 15 is 0 Å². The van der Waals surface area contributed by atoms with Crippen LogP contribution in [0.5, 0.6) is 0 Å². The van der Waals surface area contributed by atoms with Crippen LogP contribution >= 0.6 is 0 Å². The van der Waals surface area contributed by atoms with E-state index < -0.39 is 0 Å². The first-order chi connectivity index (χ1) is 12.3. The van der Waals surface area contributed by atoms with Crippen LogP contribution in [0.2, 0.25) is 0 Å². The standard InChI is InChI=1S/C16H24O2.C6H10O2/c1-10(2)16(17)18-7-6-11-8-12-9-15(11)14-5-3-4-13(12)14;1-4-8-6(7)5(2)3/h11-15H,1,3-9H2,2H3;2,4H2,1,3H3. The van der Waals surface area contributed by atoms with Crippen molar-refractivity contribution in [2.24, 2.45) is 29.6 Å². The van der Waals surface area contributed by atoms with Crippen LogP contribution in [-0.2, 0) is 19.1 Å². The Hall–Kier alpha value is -1.58. The number of carbonyl (C=O) groups excluding carboxylic acids is 2. The van der Waals surface area contributed by atoms with Crippen LogP contribution < -0.4 is 0 Å². The highest BCUT2D eigenvalue weighted by Gasteiger charge is 2.53. The highest BCUT2D eigenvalue weighted by molar-refractivity contribution is 5.87. The van der Waals surface area contributed by atoms with Crippen molar-refractivity contribution in [3.63, 3.8) is 0 Å². The molecule has 0 aromatic carbocycles. The smallest absolute Gasteiger partial charge is 0.333 e. The second kappa shape index (κ2) is 9.38. The maximum absolute atomic E-state index is 11.3. The zero-order valence-corrected chi connectivity index (χ0v) is 16.6. The molecule has 0 saturated heterocycles. The molecule has 3 aliphatic rings. The Labute approximate surface area is 158 Å². The van der Waals surface area contributed by atoms with Gasteiger partial charge in [-0.3, -0.25) is 0 Å². The average molecular weight is 363 g/mol. The SMILES string of the molecule is C=C(C)C(=O)OCC.C=C(C)C(=O)OCCC1CC2CC1C1CCCC21. The first-order valence-electron chi connectivity index (χ1n) is 10.00. The first kappa shape index (κ1) is 20.7. The molecule has 0 heterocycles. The van der Waals surface area contributed by atoms with Gasteiger partial charge in [-0.25, -0.2) is 9.59 Å². The molecule has 0 amide bonds. The number of hydrogen-bond donors (Lipinski definition) is 0. The van der Waals surface area contributed by atoms with Crippen LogP contribution in [0.4, 0.5) is 0 Å². The summed E-state index contributed by atoms with van der Waals surface area (Å²) in [6.45, 7) is 13.1. The van der Waals surface area contributed by atoms with Crippen molar-refractivity contribution >= 4 is 11.9 Å². The maximum atomic E-state index is 11.3. The fourth-order valence-corrected chi connectivity index (χ4v) is 5.22. The largest absolute Gasteiger partial charge is 0.463 e. The summed E-state index contributed by atoms with van der Waals surface area (Å²) in [5.74, 6) is 4.32. The molecule has 0 aromatic rings. The molecule has 5 atom stereocenters. The van der Waals surface area contributed by atoms with E-state index in [2.05, 4.69) is 17.9 Å². The summed E-state index contributed by atoms with van der Waals surface area (Å²) in [6.07, 6.45) is 8.35. The minimum Gasteiger partial charge on any atom is -0.463 e. The van der Waals surface area contributed by atoms with Gasteiger partial charge in [0, 0.05) is 11.1 Å². The average Bonchev–Trinajstić information content (AvgIpc) is 3.28. The molecule has 4 nitrogen and oxygen atoms in total. The predicted molar refractivity (Wildman–Crippen MR) is 102 cm³/mol. The Balaban J connectivity index is 0.000000260. The summed E-state index contributed by atoms with van der Waals surface area (Å²) in [5, 5.41) is 0. The molecule has 5 unspecified atom stereocenters. The second-order valence-corrected chi connectivity index (χ2v) is 8.12. The highest BCUT2D eigenvalue weighted by atomic mass is 16.5. The molecule has 3 fully saturated rings. The Bertz CT molecular complexity index is 550. The molecule has 3 rings (SSSR count). The van der Waals surface area contributed by atoms with Crippen LogP contribution in [0.1, 0.15) is 59.3 Å². The minimum atomic E-state index is -0.312. The van der Waals surface area contributed by atoms with E-state index in [-0.39, 0.29) is 11.9 Å². The predicted octanol–water partition coefficient (Wildman–Crippen LogP) is 4.69. The lowest BCUT2D eigenvalue weighted by atomic mass is 9.75. The third kappa shape index (κ3) is 4.99. The molecule has 0 N–H and O–H groups in total. The van der Waals surface area contributed by atoms with Crippen LogP contribution in [0.15, 0.2) is 24.3 Å². The molecule has 4 heteroatoms. The number of carbonyl (C=O) groups is 2. The molecule has 0 radical (unpaired) electrons. The maximum Gasteiger partial charge on any atom is 0.333 e. The van der Waals surface area contributed by atoms with Gasteiger partial charge in [0.05, 0.1) is 13.2 Å². The van der Waals surface area contributed by atoms with Crippen LogP contribution in [0.25, 0.3) is 0 Å². The number of esters is 2. The van der Waals surface area contributed by atoms with Crippen molar-refractivity contribution in [2.45, 2.75) is 59.3 Å². The summed E-state index contributed by atoms with van der Waals surface area (Å²) in [5.41, 5.74) is 0.964. The summed E-state index contributed by atoms with van der Waals surface area (Å²) in [4.78, 5) is 21.8. The van der Waals surface area contributed by atoms with Gasteiger partial charge in [-0.05, 0) is 82.5 Å². The van der Waals surface area contributed by atoms with Gasteiger partial charge in [-0.15, -0.1) is 0 Å². The Morgan fingerprint density at radius 1 is 0.923 bits per heavy atom. The van der Waals surface area contributed by atoms with Gasteiger partial charge >= 0.3 is 11.9 Å². The molecule has 2 bridgehead atoms. The molecule has 26 heavy (non-hydrogen) atoms. The van der Waals surface area contributed by atoms with E-state index in [0.29, 0.717) is 24.4 Å². The number of fused-ring (bicyclic) bond motifs is 5. The van der Waals surface area contributed by atoms with Gasteiger partial charge in [-0.2, -0.15) is 0 Å². The van der Waals surface area contributed by atoms with Crippen molar-refractivity contribution in [1.82, 2.24) is 0 Å². The molecule has 0 aliphatic heterocycles. The molecule has 0 aromatic heterocycles. The van der Waals surface area contributed by atoms with E-state index in [4.69, 9.17) is 4.74 Å². The number of ether oxygens (including phenoxy) is 2. The lowest BCUT2D eigenvalue weighted by molar-refractivity contribution is -0.140. The molecule has 146 valence electrons. The van der Waals surface area contributed by atoms with E-state index in [1.807, 2.05) is 0 Å². The molecule has 3 aliphatic carbocycles. The summed E-state index contributed by atoms with van der Waals surface area (Å²) in [6, 6.07) is 0. The van der Waals surface area contributed by atoms with Crippen molar-refractivity contribution < 1.29 is 19.1 Å². The van der Waals surface area contributed by atoms with Gasteiger partial charge in [0.25, 0.3) is 0 Å². The van der Waals surface area contributed by atoms with E-state index in [1.165, 1.54) is 32.1 Å². The lowest BCUT2D eigenvalue weighted by Gasteiger charge is -2.31. The number of rotatable bonds is 6. The normalized spacial score (nSPS) is 30.8. The lowest BCUT2D eigenvalue weighted by Crippen LogP contribution is -2.25. The fourth-order valence-electron chi connectivity index (χ4n) is 5.22. The zero-order valence-electron chi connectivity index (χ0n) is 16.6. The molecule has 3 saturated carbocycles. The molecule has 0 spiro atoms. The molecular weight excluding hydrogens is 328 g/mol. The monoisotopic (exact) mass is 362 g/mol. The fraction of sp³-hybridized carbons (Fsp3) is 0.727. The van der Waals surface area contributed by atoms with Gasteiger partial charge in [0.2, 0.25) is 0 Å². The minimum absolute atomic E-state index is 0.225. The van der Waals surface area contributed by atoms with Crippen LogP contribution in [0, 0.1) is 29.6 Å². The van der Waals surface area contributed by atoms with E-state index in [0.717, 1.165) is 36.0 Å². The van der Waals surface area contributed by atoms with Crippen LogP contribution in [-0.4, -0.2) is 25.2 Å². The Morgan fingerprint density at radius 2 is 1.54 bits per heavy atom. The highest BCUT2D eigenvalue weighted by Crippen LogP contribution is 2.61. The first-order valence-corrected chi connectivity index (χ1v) is 10.00. The number of hydrogen-bond acceptors (Lipinski definition) is 4. The third-order valence-electron chi connectivity index (χ3n) is 6.26. The molecular formula is C22H34O4. The van der Waals surface area contributed by atoms with Crippen molar-refractivity contribution in [3.05, 3.63) is 24.3 Å². The zero-order chi connectivity index (χ0) is 19.3. The third-order valence-corrected chi connectivity index (χ3v) is 6.26. The summed E-state index contributed by atoms with van der Waals surface area (Å²) >= 11 is 0. The van der Waals surface area contributed by atoms with Gasteiger partial charge in [-0.1, -0.05) is 19.6 Å². The summed E-state index contributed by atoms with van der Waals surface area (Å²) < 4.78 is 9.81. The van der Waals surface area contributed by atoms with Gasteiger partial charge in [0.15, 0.2) is 0 Å². The Morgan fingerprint density at radius 3 is 2.12 bits per heavy atom. The quantitative estimate of drug-likeness (QED) is 0.508. The van der Waals surface area contributed by atoms with Gasteiger partial charge < -0.3 is 9.47 Å². The van der Waals surface area contributed by atoms with E-state index in [1.54, 1.807) is 20.8 Å². The second-order valence-electron chi connectivity index (χ2n) is 8.12. The van der Waals surface area contributed by atoms with Crippen molar-refractivity contribution in [2.75, 3.05) is 13.2 Å². The van der Waals surface area contributed by atoms with E-state index in [9.17, 15) is 9.59 Å². The summed E-state index contributed by atoms with van der Waals surface area (Å²) in [7, 11) is 0. The van der Waals surface area contributed by atoms with Gasteiger partial charge in [0.1, 0.15) is 0 Å².